The summed E-state index contributed by atoms with van der Waals surface area (Å²) in [6, 6.07) is 11.2. The fourth-order valence-corrected chi connectivity index (χ4v) is 2.86. The Labute approximate surface area is 168 Å². The van der Waals surface area contributed by atoms with Crippen molar-refractivity contribution < 1.29 is 27.6 Å². The van der Waals surface area contributed by atoms with Gasteiger partial charge in [-0.2, -0.15) is 18.3 Å². The Kier molecular flexibility index (Phi) is 5.77. The highest BCUT2D eigenvalue weighted by Gasteiger charge is 2.33. The number of fused-ring (bicyclic) bond motifs is 1. The zero-order chi connectivity index (χ0) is 21.9. The quantitative estimate of drug-likeness (QED) is 0.336. The maximum Gasteiger partial charge on any atom is 0.416 e. The van der Waals surface area contributed by atoms with E-state index in [4.69, 9.17) is 9.47 Å². The van der Waals surface area contributed by atoms with Gasteiger partial charge in [-0.05, 0) is 41.1 Å². The maximum absolute atomic E-state index is 12.8. The molecule has 0 saturated carbocycles. The molecule has 0 atom stereocenters. The van der Waals surface area contributed by atoms with Crippen LogP contribution in [0.15, 0.2) is 53.6 Å². The van der Waals surface area contributed by atoms with Crippen LogP contribution in [-0.4, -0.2) is 25.4 Å². The average molecular weight is 419 g/mol. The zero-order valence-electron chi connectivity index (χ0n) is 15.9. The van der Waals surface area contributed by atoms with Crippen LogP contribution >= 0.6 is 0 Å². The number of alkyl halides is 3. The maximum atomic E-state index is 12.8. The van der Waals surface area contributed by atoms with Gasteiger partial charge in [0.2, 0.25) is 0 Å². The summed E-state index contributed by atoms with van der Waals surface area (Å²) in [5.74, 6) is 1.10. The van der Waals surface area contributed by atoms with Crippen LogP contribution < -0.4 is 14.9 Å². The monoisotopic (exact) mass is 419 g/mol. The van der Waals surface area contributed by atoms with E-state index >= 15 is 0 Å². The molecule has 0 aliphatic heterocycles. The van der Waals surface area contributed by atoms with E-state index in [1.165, 1.54) is 20.4 Å². The Morgan fingerprint density at radius 1 is 1.07 bits per heavy atom. The molecule has 0 bridgehead atoms. The van der Waals surface area contributed by atoms with Gasteiger partial charge in [0.25, 0.3) is 5.69 Å². The summed E-state index contributed by atoms with van der Waals surface area (Å²) in [4.78, 5) is 10.3. The number of hydrogen-bond acceptors (Lipinski definition) is 6. The molecule has 10 heteroatoms. The fraction of sp³-hybridized carbons (Fsp3) is 0.150. The third-order valence-electron chi connectivity index (χ3n) is 4.35. The van der Waals surface area contributed by atoms with Gasteiger partial charge < -0.3 is 9.47 Å². The first-order chi connectivity index (χ1) is 14.2. The van der Waals surface area contributed by atoms with Gasteiger partial charge in [0.15, 0.2) is 0 Å². The Bertz CT molecular complexity index is 1120. The van der Waals surface area contributed by atoms with Crippen LogP contribution in [0.4, 0.5) is 24.5 Å². The molecule has 0 fully saturated rings. The first-order valence-electron chi connectivity index (χ1n) is 8.54. The third kappa shape index (κ3) is 4.27. The van der Waals surface area contributed by atoms with Crippen LogP contribution in [0.1, 0.15) is 11.1 Å². The van der Waals surface area contributed by atoms with Gasteiger partial charge in [-0.25, -0.2) is 0 Å². The predicted octanol–water partition coefficient (Wildman–Crippen LogP) is 5.23. The summed E-state index contributed by atoms with van der Waals surface area (Å²) < 4.78 is 49.1. The SMILES string of the molecule is COc1ccc2ccc(OC)c(/C=N\Nc3ccc(C(F)(F)F)cc3[N+](=O)[O-])c2c1. The van der Waals surface area contributed by atoms with Gasteiger partial charge in [-0.15, -0.1) is 0 Å². The van der Waals surface area contributed by atoms with Crippen molar-refractivity contribution in [3.05, 3.63) is 69.8 Å². The lowest BCUT2D eigenvalue weighted by molar-refractivity contribution is -0.384. The smallest absolute Gasteiger partial charge is 0.416 e. The minimum Gasteiger partial charge on any atom is -0.497 e. The molecule has 0 aliphatic rings. The summed E-state index contributed by atoms with van der Waals surface area (Å²) in [6.07, 6.45) is -3.32. The van der Waals surface area contributed by atoms with Crippen LogP contribution in [0.5, 0.6) is 11.5 Å². The normalized spacial score (nSPS) is 11.6. The molecule has 0 aromatic heterocycles. The summed E-state index contributed by atoms with van der Waals surface area (Å²) in [7, 11) is 3.01. The first kappa shape index (κ1) is 20.9. The number of hydrogen-bond donors (Lipinski definition) is 1. The van der Waals surface area contributed by atoms with E-state index < -0.39 is 22.4 Å². The van der Waals surface area contributed by atoms with Crippen LogP contribution in [0, 0.1) is 10.1 Å². The van der Waals surface area contributed by atoms with Crippen molar-refractivity contribution in [2.45, 2.75) is 6.18 Å². The van der Waals surface area contributed by atoms with Crippen LogP contribution in [0.2, 0.25) is 0 Å². The van der Waals surface area contributed by atoms with Gasteiger partial charge in [-0.1, -0.05) is 12.1 Å². The van der Waals surface area contributed by atoms with E-state index in [1.54, 1.807) is 18.2 Å². The molecule has 30 heavy (non-hydrogen) atoms. The van der Waals surface area contributed by atoms with E-state index in [2.05, 4.69) is 10.5 Å². The van der Waals surface area contributed by atoms with Crippen LogP contribution in [-0.2, 0) is 6.18 Å². The molecule has 0 spiro atoms. The summed E-state index contributed by atoms with van der Waals surface area (Å²) in [5.41, 5.74) is 0.965. The number of nitrogens with one attached hydrogen (secondary N) is 1. The zero-order valence-corrected chi connectivity index (χ0v) is 15.9. The van der Waals surface area contributed by atoms with Gasteiger partial charge in [0.1, 0.15) is 17.2 Å². The summed E-state index contributed by atoms with van der Waals surface area (Å²) >= 11 is 0. The molecular weight excluding hydrogens is 403 g/mol. The number of anilines is 1. The number of nitrogens with zero attached hydrogens (tertiary/aromatic N) is 2. The van der Waals surface area contributed by atoms with Crippen molar-refractivity contribution in [3.63, 3.8) is 0 Å². The molecule has 0 unspecified atom stereocenters. The second-order valence-corrected chi connectivity index (χ2v) is 6.13. The third-order valence-corrected chi connectivity index (χ3v) is 4.35. The van der Waals surface area contributed by atoms with E-state index in [0.29, 0.717) is 23.1 Å². The lowest BCUT2D eigenvalue weighted by Crippen LogP contribution is -2.06. The van der Waals surface area contributed by atoms with Crippen LogP contribution in [0.3, 0.4) is 0 Å². The molecule has 3 aromatic rings. The Balaban J connectivity index is 1.99. The number of ether oxygens (including phenoxy) is 2. The molecule has 1 N–H and O–H groups in total. The van der Waals surface area contributed by atoms with Crippen molar-refractivity contribution in [1.82, 2.24) is 0 Å². The molecular formula is C20H16F3N3O4. The number of hydrazone groups is 1. The molecule has 0 saturated heterocycles. The average Bonchev–Trinajstić information content (AvgIpc) is 2.72. The standard InChI is InChI=1S/C20H16F3N3O4/c1-29-14-6-3-12-4-8-19(30-2)16(15(12)10-14)11-24-25-17-7-5-13(20(21,22)23)9-18(17)26(27)28/h3-11,25H,1-2H3/b24-11-. The van der Waals surface area contributed by atoms with Gasteiger partial charge in [0.05, 0.1) is 30.9 Å². The molecule has 3 rings (SSSR count). The molecule has 0 radical (unpaired) electrons. The molecule has 0 amide bonds. The van der Waals surface area contributed by atoms with E-state index in [-0.39, 0.29) is 5.69 Å². The second-order valence-electron chi connectivity index (χ2n) is 6.13. The van der Waals surface area contributed by atoms with Crippen molar-refractivity contribution in [1.29, 1.82) is 0 Å². The largest absolute Gasteiger partial charge is 0.497 e. The Morgan fingerprint density at radius 3 is 2.43 bits per heavy atom. The highest BCUT2D eigenvalue weighted by atomic mass is 19.4. The number of benzene rings is 3. The Hall–Kier alpha value is -3.82. The Morgan fingerprint density at radius 2 is 1.80 bits per heavy atom. The first-order valence-corrected chi connectivity index (χ1v) is 8.54. The van der Waals surface area contributed by atoms with Crippen molar-refractivity contribution in [2.24, 2.45) is 5.10 Å². The van der Waals surface area contributed by atoms with Crippen molar-refractivity contribution >= 4 is 28.4 Å². The van der Waals surface area contributed by atoms with Gasteiger partial charge in [-0.3, -0.25) is 15.5 Å². The predicted molar refractivity (Wildman–Crippen MR) is 106 cm³/mol. The minimum absolute atomic E-state index is 0.180. The minimum atomic E-state index is -4.69. The van der Waals surface area contributed by atoms with Gasteiger partial charge in [0, 0.05) is 11.6 Å². The number of nitro groups is 1. The second kappa shape index (κ2) is 8.27. The molecule has 156 valence electrons. The highest BCUT2D eigenvalue weighted by molar-refractivity contribution is 6.03. The van der Waals surface area contributed by atoms with E-state index in [0.717, 1.165) is 22.9 Å². The van der Waals surface area contributed by atoms with Crippen LogP contribution in [0.25, 0.3) is 10.8 Å². The van der Waals surface area contributed by atoms with E-state index in [1.807, 2.05) is 12.1 Å². The van der Waals surface area contributed by atoms with Crippen molar-refractivity contribution in [3.8, 4) is 11.5 Å². The molecule has 0 heterocycles. The van der Waals surface area contributed by atoms with Gasteiger partial charge >= 0.3 is 6.18 Å². The lowest BCUT2D eigenvalue weighted by atomic mass is 10.0. The van der Waals surface area contributed by atoms with Crippen molar-refractivity contribution in [2.75, 3.05) is 19.6 Å². The summed E-state index contributed by atoms with van der Waals surface area (Å²) in [5, 5.41) is 16.8. The summed E-state index contributed by atoms with van der Waals surface area (Å²) in [6.45, 7) is 0. The van der Waals surface area contributed by atoms with E-state index in [9.17, 15) is 23.3 Å². The number of rotatable bonds is 6. The number of halogens is 3. The number of nitro benzene ring substituents is 1. The number of methoxy groups -OCH3 is 2. The highest BCUT2D eigenvalue weighted by Crippen LogP contribution is 2.35. The molecule has 0 aliphatic carbocycles. The topological polar surface area (TPSA) is 86.0 Å². The fourth-order valence-electron chi connectivity index (χ4n) is 2.86. The molecule has 7 nitrogen and oxygen atoms in total. The molecule has 3 aromatic carbocycles. The lowest BCUT2D eigenvalue weighted by Gasteiger charge is -2.10.